The van der Waals surface area contributed by atoms with Crippen LogP contribution < -0.4 is 10.1 Å². The first-order valence-corrected chi connectivity index (χ1v) is 9.59. The van der Waals surface area contributed by atoms with Gasteiger partial charge in [-0.25, -0.2) is 0 Å². The SMILES string of the molecule is Clc1cc(Cl)c2c(c1)C(NC1CCN(Cc3ccccc3)C1)CCO2. The molecule has 4 rings (SSSR count). The van der Waals surface area contributed by atoms with E-state index in [4.69, 9.17) is 27.9 Å². The summed E-state index contributed by atoms with van der Waals surface area (Å²) in [5, 5.41) is 5.07. The predicted molar refractivity (Wildman–Crippen MR) is 103 cm³/mol. The van der Waals surface area contributed by atoms with E-state index in [2.05, 4.69) is 40.5 Å². The van der Waals surface area contributed by atoms with Crippen LogP contribution >= 0.6 is 23.2 Å². The minimum absolute atomic E-state index is 0.252. The highest BCUT2D eigenvalue weighted by Crippen LogP contribution is 2.40. The molecule has 5 heteroatoms. The Hall–Kier alpha value is -1.26. The number of nitrogens with one attached hydrogen (secondary N) is 1. The van der Waals surface area contributed by atoms with Crippen molar-refractivity contribution in [1.82, 2.24) is 10.2 Å². The lowest BCUT2D eigenvalue weighted by atomic mass is 9.99. The zero-order valence-corrected chi connectivity index (χ0v) is 15.6. The van der Waals surface area contributed by atoms with Crippen LogP contribution in [0.15, 0.2) is 42.5 Å². The molecule has 132 valence electrons. The maximum Gasteiger partial charge on any atom is 0.142 e. The third-order valence-corrected chi connectivity index (χ3v) is 5.52. The first kappa shape index (κ1) is 17.2. The largest absolute Gasteiger partial charge is 0.492 e. The zero-order chi connectivity index (χ0) is 17.2. The van der Waals surface area contributed by atoms with E-state index in [9.17, 15) is 0 Å². The lowest BCUT2D eigenvalue weighted by Crippen LogP contribution is -2.37. The fraction of sp³-hybridized carbons (Fsp3) is 0.400. The van der Waals surface area contributed by atoms with Crippen molar-refractivity contribution >= 4 is 23.2 Å². The van der Waals surface area contributed by atoms with Crippen molar-refractivity contribution in [1.29, 1.82) is 0 Å². The molecule has 2 atom stereocenters. The Morgan fingerprint density at radius 3 is 2.80 bits per heavy atom. The van der Waals surface area contributed by atoms with Crippen LogP contribution in [-0.4, -0.2) is 30.6 Å². The van der Waals surface area contributed by atoms with Crippen LogP contribution in [0, 0.1) is 0 Å². The molecule has 0 spiro atoms. The third kappa shape index (κ3) is 3.95. The molecule has 0 aromatic heterocycles. The van der Waals surface area contributed by atoms with Crippen LogP contribution in [0.3, 0.4) is 0 Å². The van der Waals surface area contributed by atoms with Gasteiger partial charge >= 0.3 is 0 Å². The van der Waals surface area contributed by atoms with Gasteiger partial charge in [0.2, 0.25) is 0 Å². The molecular formula is C20H22Cl2N2O. The standard InChI is InChI=1S/C20H22Cl2N2O/c21-15-10-17-19(7-9-25-20(17)18(22)11-15)23-16-6-8-24(13-16)12-14-4-2-1-3-5-14/h1-5,10-11,16,19,23H,6-9,12-13H2. The second-order valence-electron chi connectivity index (χ2n) is 6.87. The van der Waals surface area contributed by atoms with Crippen molar-refractivity contribution in [2.24, 2.45) is 0 Å². The fourth-order valence-corrected chi connectivity index (χ4v) is 4.40. The van der Waals surface area contributed by atoms with Crippen LogP contribution in [0.2, 0.25) is 10.0 Å². The maximum absolute atomic E-state index is 6.30. The molecule has 25 heavy (non-hydrogen) atoms. The average molecular weight is 377 g/mol. The van der Waals surface area contributed by atoms with Gasteiger partial charge in [-0.2, -0.15) is 0 Å². The maximum atomic E-state index is 6.30. The second kappa shape index (κ2) is 7.55. The van der Waals surface area contributed by atoms with Gasteiger partial charge in [0.15, 0.2) is 0 Å². The summed E-state index contributed by atoms with van der Waals surface area (Å²) in [6.07, 6.45) is 2.10. The average Bonchev–Trinajstić information content (AvgIpc) is 3.03. The molecule has 2 aromatic rings. The van der Waals surface area contributed by atoms with E-state index in [1.54, 1.807) is 6.07 Å². The Balaban J connectivity index is 1.41. The molecule has 1 N–H and O–H groups in total. The molecule has 2 heterocycles. The summed E-state index contributed by atoms with van der Waals surface area (Å²) in [4.78, 5) is 2.51. The normalized spacial score (nSPS) is 23.3. The first-order valence-electron chi connectivity index (χ1n) is 8.83. The Kier molecular flexibility index (Phi) is 5.18. The molecular weight excluding hydrogens is 355 g/mol. The number of fused-ring (bicyclic) bond motifs is 1. The highest BCUT2D eigenvalue weighted by atomic mass is 35.5. The fourth-order valence-electron chi connectivity index (χ4n) is 3.84. The molecule has 0 radical (unpaired) electrons. The minimum atomic E-state index is 0.252. The second-order valence-corrected chi connectivity index (χ2v) is 7.71. The number of halogens is 2. The number of hydrogen-bond acceptors (Lipinski definition) is 3. The van der Waals surface area contributed by atoms with E-state index in [1.807, 2.05) is 6.07 Å². The number of likely N-dealkylation sites (tertiary alicyclic amines) is 1. The van der Waals surface area contributed by atoms with E-state index < -0.39 is 0 Å². The molecule has 1 saturated heterocycles. The Morgan fingerprint density at radius 1 is 1.12 bits per heavy atom. The summed E-state index contributed by atoms with van der Waals surface area (Å²) < 4.78 is 5.76. The molecule has 0 aliphatic carbocycles. The van der Waals surface area contributed by atoms with Crippen LogP contribution in [-0.2, 0) is 6.54 Å². The van der Waals surface area contributed by atoms with Gasteiger partial charge in [-0.3, -0.25) is 4.90 Å². The lowest BCUT2D eigenvalue weighted by Gasteiger charge is -2.30. The van der Waals surface area contributed by atoms with Crippen molar-refractivity contribution in [2.75, 3.05) is 19.7 Å². The molecule has 1 fully saturated rings. The molecule has 0 amide bonds. The predicted octanol–water partition coefficient (Wildman–Crippen LogP) is 4.68. The summed E-state index contributed by atoms with van der Waals surface area (Å²) in [7, 11) is 0. The van der Waals surface area contributed by atoms with Gasteiger partial charge in [0.1, 0.15) is 5.75 Å². The van der Waals surface area contributed by atoms with Gasteiger partial charge in [-0.15, -0.1) is 0 Å². The van der Waals surface area contributed by atoms with Crippen molar-refractivity contribution in [2.45, 2.75) is 31.5 Å². The first-order chi connectivity index (χ1) is 12.2. The van der Waals surface area contributed by atoms with Crippen molar-refractivity contribution in [3.8, 4) is 5.75 Å². The van der Waals surface area contributed by atoms with Crippen molar-refractivity contribution in [3.05, 3.63) is 63.6 Å². The van der Waals surface area contributed by atoms with Crippen LogP contribution in [0.1, 0.15) is 30.0 Å². The highest BCUT2D eigenvalue weighted by molar-refractivity contribution is 6.35. The summed E-state index contributed by atoms with van der Waals surface area (Å²) in [6, 6.07) is 15.1. The molecule has 3 nitrogen and oxygen atoms in total. The molecule has 0 bridgehead atoms. The van der Waals surface area contributed by atoms with Crippen molar-refractivity contribution < 1.29 is 4.74 Å². The van der Waals surface area contributed by atoms with Gasteiger partial charge in [-0.05, 0) is 24.1 Å². The van der Waals surface area contributed by atoms with Gasteiger partial charge in [-0.1, -0.05) is 53.5 Å². The Morgan fingerprint density at radius 2 is 1.96 bits per heavy atom. The van der Waals surface area contributed by atoms with Crippen molar-refractivity contribution in [3.63, 3.8) is 0 Å². The number of ether oxygens (including phenoxy) is 1. The summed E-state index contributed by atoms with van der Waals surface area (Å²) in [5.41, 5.74) is 2.46. The highest BCUT2D eigenvalue weighted by Gasteiger charge is 2.29. The molecule has 2 unspecified atom stereocenters. The summed E-state index contributed by atoms with van der Waals surface area (Å²) in [6.45, 7) is 3.89. The van der Waals surface area contributed by atoms with E-state index in [1.165, 1.54) is 5.56 Å². The van der Waals surface area contributed by atoms with Crippen LogP contribution in [0.4, 0.5) is 0 Å². The van der Waals surface area contributed by atoms with E-state index in [0.717, 1.165) is 43.8 Å². The van der Waals surface area contributed by atoms with Crippen LogP contribution in [0.25, 0.3) is 0 Å². The van der Waals surface area contributed by atoms with Gasteiger partial charge < -0.3 is 10.1 Å². The molecule has 2 aromatic carbocycles. The molecule has 0 saturated carbocycles. The van der Waals surface area contributed by atoms with E-state index >= 15 is 0 Å². The summed E-state index contributed by atoms with van der Waals surface area (Å²) >= 11 is 12.5. The number of hydrogen-bond donors (Lipinski definition) is 1. The third-order valence-electron chi connectivity index (χ3n) is 5.02. The Labute approximate surface area is 158 Å². The Bertz CT molecular complexity index is 738. The number of nitrogens with zero attached hydrogens (tertiary/aromatic N) is 1. The summed E-state index contributed by atoms with van der Waals surface area (Å²) in [5.74, 6) is 0.786. The van der Waals surface area contributed by atoms with Gasteiger partial charge in [0.05, 0.1) is 11.6 Å². The lowest BCUT2D eigenvalue weighted by molar-refractivity contribution is 0.241. The zero-order valence-electron chi connectivity index (χ0n) is 14.1. The number of rotatable bonds is 4. The molecule has 2 aliphatic heterocycles. The van der Waals surface area contributed by atoms with E-state index in [0.29, 0.717) is 22.7 Å². The van der Waals surface area contributed by atoms with E-state index in [-0.39, 0.29) is 6.04 Å². The quantitative estimate of drug-likeness (QED) is 0.837. The topological polar surface area (TPSA) is 24.5 Å². The number of benzene rings is 2. The minimum Gasteiger partial charge on any atom is -0.492 e. The van der Waals surface area contributed by atoms with Gasteiger partial charge in [0, 0.05) is 48.7 Å². The monoisotopic (exact) mass is 376 g/mol. The smallest absolute Gasteiger partial charge is 0.142 e. The van der Waals surface area contributed by atoms with Crippen LogP contribution in [0.5, 0.6) is 5.75 Å². The van der Waals surface area contributed by atoms with Gasteiger partial charge in [0.25, 0.3) is 0 Å². The molecule has 2 aliphatic rings.